The van der Waals surface area contributed by atoms with Crippen LogP contribution in [-0.2, 0) is 19.4 Å². The molecule has 0 aliphatic carbocycles. The molecular formula is C21H24N4O. The first kappa shape index (κ1) is 16.6. The molecule has 3 heterocycles. The van der Waals surface area contributed by atoms with Crippen LogP contribution in [0.5, 0.6) is 0 Å². The van der Waals surface area contributed by atoms with Gasteiger partial charge in [-0.15, -0.1) is 0 Å². The SMILES string of the molecule is CCc1nc2ccc(C)cn2c1C(=O)NCc1ccc2c(c1)N(C)CC2. The van der Waals surface area contributed by atoms with E-state index >= 15 is 0 Å². The van der Waals surface area contributed by atoms with Crippen LogP contribution in [0.2, 0.25) is 0 Å². The molecular weight excluding hydrogens is 324 g/mol. The molecule has 26 heavy (non-hydrogen) atoms. The van der Waals surface area contributed by atoms with E-state index in [2.05, 4.69) is 40.4 Å². The molecule has 0 fully saturated rings. The summed E-state index contributed by atoms with van der Waals surface area (Å²) in [7, 11) is 2.11. The highest BCUT2D eigenvalue weighted by atomic mass is 16.1. The Morgan fingerprint density at radius 2 is 2.12 bits per heavy atom. The van der Waals surface area contributed by atoms with E-state index in [0.29, 0.717) is 12.2 Å². The summed E-state index contributed by atoms with van der Waals surface area (Å²) in [5.41, 5.74) is 7.18. The van der Waals surface area contributed by atoms with Gasteiger partial charge in [-0.25, -0.2) is 4.98 Å². The molecule has 1 amide bonds. The van der Waals surface area contributed by atoms with E-state index in [1.807, 2.05) is 36.6 Å². The first-order chi connectivity index (χ1) is 12.6. The van der Waals surface area contributed by atoms with Crippen LogP contribution < -0.4 is 10.2 Å². The van der Waals surface area contributed by atoms with Crippen LogP contribution in [0.4, 0.5) is 5.69 Å². The Morgan fingerprint density at radius 3 is 2.92 bits per heavy atom. The van der Waals surface area contributed by atoms with Crippen molar-refractivity contribution < 1.29 is 4.79 Å². The van der Waals surface area contributed by atoms with E-state index in [1.54, 1.807) is 0 Å². The molecule has 4 rings (SSSR count). The number of likely N-dealkylation sites (N-methyl/N-ethyl adjacent to an activating group) is 1. The van der Waals surface area contributed by atoms with Gasteiger partial charge >= 0.3 is 0 Å². The van der Waals surface area contributed by atoms with E-state index in [0.717, 1.165) is 41.9 Å². The van der Waals surface area contributed by atoms with Crippen molar-refractivity contribution in [2.24, 2.45) is 0 Å². The zero-order valence-electron chi connectivity index (χ0n) is 15.5. The van der Waals surface area contributed by atoms with Crippen molar-refractivity contribution in [1.29, 1.82) is 0 Å². The predicted octanol–water partition coefficient (Wildman–Crippen LogP) is 3.13. The van der Waals surface area contributed by atoms with Crippen LogP contribution in [0.25, 0.3) is 5.65 Å². The highest BCUT2D eigenvalue weighted by Crippen LogP contribution is 2.27. The van der Waals surface area contributed by atoms with Gasteiger partial charge in [0.05, 0.1) is 5.69 Å². The molecule has 0 unspecified atom stereocenters. The monoisotopic (exact) mass is 348 g/mol. The minimum absolute atomic E-state index is 0.0752. The second-order valence-electron chi connectivity index (χ2n) is 7.01. The molecule has 1 aliphatic heterocycles. The molecule has 5 nitrogen and oxygen atoms in total. The molecule has 0 bridgehead atoms. The number of aromatic nitrogens is 2. The third kappa shape index (κ3) is 2.83. The number of amides is 1. The number of fused-ring (bicyclic) bond motifs is 2. The van der Waals surface area contributed by atoms with E-state index in [-0.39, 0.29) is 5.91 Å². The summed E-state index contributed by atoms with van der Waals surface area (Å²) >= 11 is 0. The molecule has 0 saturated heterocycles. The molecule has 2 aromatic heterocycles. The van der Waals surface area contributed by atoms with Gasteiger partial charge in [0.15, 0.2) is 0 Å². The van der Waals surface area contributed by atoms with Gasteiger partial charge in [0.2, 0.25) is 0 Å². The normalized spacial score (nSPS) is 13.3. The van der Waals surface area contributed by atoms with Crippen LogP contribution >= 0.6 is 0 Å². The summed E-state index contributed by atoms with van der Waals surface area (Å²) in [6.45, 7) is 5.63. The maximum Gasteiger partial charge on any atom is 0.270 e. The van der Waals surface area contributed by atoms with Crippen molar-refractivity contribution in [2.75, 3.05) is 18.5 Å². The summed E-state index contributed by atoms with van der Waals surface area (Å²) in [5, 5.41) is 3.08. The number of nitrogens with one attached hydrogen (secondary N) is 1. The third-order valence-electron chi connectivity index (χ3n) is 5.12. The second kappa shape index (κ2) is 6.48. The lowest BCUT2D eigenvalue weighted by atomic mass is 10.1. The van der Waals surface area contributed by atoms with E-state index in [1.165, 1.54) is 11.3 Å². The number of carbonyl (C=O) groups is 1. The second-order valence-corrected chi connectivity index (χ2v) is 7.01. The molecule has 3 aromatic rings. The lowest BCUT2D eigenvalue weighted by Gasteiger charge is -2.13. The van der Waals surface area contributed by atoms with Gasteiger partial charge in [0.25, 0.3) is 5.91 Å². The van der Waals surface area contributed by atoms with Gasteiger partial charge in [-0.1, -0.05) is 25.1 Å². The zero-order chi connectivity index (χ0) is 18.3. The van der Waals surface area contributed by atoms with E-state index in [9.17, 15) is 4.79 Å². The Labute approximate surface area is 153 Å². The maximum atomic E-state index is 12.9. The van der Waals surface area contributed by atoms with Crippen molar-refractivity contribution in [3.63, 3.8) is 0 Å². The fourth-order valence-corrected chi connectivity index (χ4v) is 3.65. The molecule has 1 aliphatic rings. The van der Waals surface area contributed by atoms with Crippen LogP contribution in [0, 0.1) is 6.92 Å². The van der Waals surface area contributed by atoms with Crippen LogP contribution in [0.1, 0.15) is 39.8 Å². The van der Waals surface area contributed by atoms with Gasteiger partial charge in [-0.05, 0) is 48.6 Å². The number of hydrogen-bond donors (Lipinski definition) is 1. The molecule has 0 radical (unpaired) electrons. The van der Waals surface area contributed by atoms with Gasteiger partial charge in [-0.2, -0.15) is 0 Å². The number of pyridine rings is 1. The number of hydrogen-bond acceptors (Lipinski definition) is 3. The maximum absolute atomic E-state index is 12.9. The van der Waals surface area contributed by atoms with Crippen LogP contribution in [0.3, 0.4) is 0 Å². The number of aryl methyl sites for hydroxylation is 2. The summed E-state index contributed by atoms with van der Waals surface area (Å²) in [5.74, 6) is -0.0752. The Morgan fingerprint density at radius 1 is 1.27 bits per heavy atom. The summed E-state index contributed by atoms with van der Waals surface area (Å²) < 4.78 is 1.90. The number of rotatable bonds is 4. The molecule has 1 aromatic carbocycles. The number of nitrogens with zero attached hydrogens (tertiary/aromatic N) is 3. The Hall–Kier alpha value is -2.82. The molecule has 0 spiro atoms. The van der Waals surface area contributed by atoms with E-state index in [4.69, 9.17) is 0 Å². The Balaban J connectivity index is 1.58. The number of benzene rings is 1. The number of carbonyl (C=O) groups excluding carboxylic acids is 1. The quantitative estimate of drug-likeness (QED) is 0.788. The van der Waals surface area contributed by atoms with Gasteiger partial charge in [0.1, 0.15) is 11.3 Å². The van der Waals surface area contributed by atoms with Crippen molar-refractivity contribution in [3.8, 4) is 0 Å². The van der Waals surface area contributed by atoms with Gasteiger partial charge in [-0.3, -0.25) is 9.20 Å². The first-order valence-electron chi connectivity index (χ1n) is 9.15. The lowest BCUT2D eigenvalue weighted by molar-refractivity contribution is 0.0944. The standard InChI is InChI=1S/C21H24N4O/c1-4-17-20(25-13-14(2)5-8-19(25)23-17)21(26)22-12-15-6-7-16-9-10-24(3)18(16)11-15/h5-8,11,13H,4,9-10,12H2,1-3H3,(H,22,26). The van der Waals surface area contributed by atoms with Crippen molar-refractivity contribution in [2.45, 2.75) is 33.2 Å². The highest BCUT2D eigenvalue weighted by molar-refractivity contribution is 5.94. The number of anilines is 1. The summed E-state index contributed by atoms with van der Waals surface area (Å²) in [6, 6.07) is 10.4. The Kier molecular flexibility index (Phi) is 4.15. The number of imidazole rings is 1. The van der Waals surface area contributed by atoms with Crippen molar-refractivity contribution in [1.82, 2.24) is 14.7 Å². The minimum atomic E-state index is -0.0752. The lowest BCUT2D eigenvalue weighted by Crippen LogP contribution is -2.25. The van der Waals surface area contributed by atoms with Crippen LogP contribution in [-0.4, -0.2) is 28.9 Å². The van der Waals surface area contributed by atoms with Crippen LogP contribution in [0.15, 0.2) is 36.5 Å². The topological polar surface area (TPSA) is 49.6 Å². The predicted molar refractivity (Wildman–Crippen MR) is 104 cm³/mol. The largest absolute Gasteiger partial charge is 0.374 e. The smallest absolute Gasteiger partial charge is 0.270 e. The molecule has 0 atom stereocenters. The summed E-state index contributed by atoms with van der Waals surface area (Å²) in [4.78, 5) is 19.8. The third-order valence-corrected chi connectivity index (χ3v) is 5.12. The average molecular weight is 348 g/mol. The van der Waals surface area contributed by atoms with Gasteiger partial charge in [0, 0.05) is 32.0 Å². The average Bonchev–Trinajstić information content (AvgIpc) is 3.19. The Bertz CT molecular complexity index is 989. The molecule has 5 heteroatoms. The molecule has 0 saturated carbocycles. The summed E-state index contributed by atoms with van der Waals surface area (Å²) in [6.07, 6.45) is 3.80. The van der Waals surface area contributed by atoms with E-state index < -0.39 is 0 Å². The molecule has 134 valence electrons. The van der Waals surface area contributed by atoms with Crippen molar-refractivity contribution >= 4 is 17.2 Å². The highest BCUT2D eigenvalue weighted by Gasteiger charge is 2.19. The fourth-order valence-electron chi connectivity index (χ4n) is 3.65. The fraction of sp³-hybridized carbons (Fsp3) is 0.333. The van der Waals surface area contributed by atoms with Crippen molar-refractivity contribution in [3.05, 3.63) is 64.6 Å². The first-order valence-corrected chi connectivity index (χ1v) is 9.15. The van der Waals surface area contributed by atoms with Gasteiger partial charge < -0.3 is 10.2 Å². The zero-order valence-corrected chi connectivity index (χ0v) is 15.5. The minimum Gasteiger partial charge on any atom is -0.374 e. The molecule has 1 N–H and O–H groups in total.